The molecule has 1 N–H and O–H groups in total. The molecule has 0 unspecified atom stereocenters. The van der Waals surface area contributed by atoms with E-state index in [1.165, 1.54) is 0 Å². The van der Waals surface area contributed by atoms with Gasteiger partial charge in [0.2, 0.25) is 0 Å². The summed E-state index contributed by atoms with van der Waals surface area (Å²) in [5.41, 5.74) is 1.93. The van der Waals surface area contributed by atoms with Crippen molar-refractivity contribution in [2.75, 3.05) is 6.54 Å². The molecule has 0 atom stereocenters. The van der Waals surface area contributed by atoms with Crippen LogP contribution in [-0.4, -0.2) is 23.6 Å². The number of carbonyl (C=O) groups excluding carboxylic acids is 2. The first-order valence-corrected chi connectivity index (χ1v) is 7.89. The fourth-order valence-electron chi connectivity index (χ4n) is 2.50. The normalized spacial score (nSPS) is 10.6. The number of hydrogen-bond donors (Lipinski definition) is 1. The summed E-state index contributed by atoms with van der Waals surface area (Å²) in [6.45, 7) is 3.41. The fourth-order valence-corrected chi connectivity index (χ4v) is 2.50. The molecule has 128 valence electrons. The number of amides is 1. The van der Waals surface area contributed by atoms with E-state index in [0.29, 0.717) is 17.0 Å². The maximum absolute atomic E-state index is 12.2. The number of aromatic nitrogens is 1. The molecule has 1 amide bonds. The third kappa shape index (κ3) is 3.85. The molecule has 6 nitrogen and oxygen atoms in total. The number of nitrogens with one attached hydrogen (secondary N) is 1. The lowest BCUT2D eigenvalue weighted by atomic mass is 10.1. The third-order valence-electron chi connectivity index (χ3n) is 3.96. The Labute approximate surface area is 144 Å². The molecule has 0 aliphatic rings. The molecular weight excluding hydrogens is 320 g/mol. The van der Waals surface area contributed by atoms with Crippen LogP contribution in [0.15, 0.2) is 47.0 Å². The van der Waals surface area contributed by atoms with Crippen LogP contribution in [0.3, 0.4) is 0 Å². The maximum Gasteiger partial charge on any atom is 0.325 e. The second-order valence-electron chi connectivity index (χ2n) is 5.71. The van der Waals surface area contributed by atoms with Crippen LogP contribution < -0.4 is 5.32 Å². The van der Waals surface area contributed by atoms with Crippen LogP contribution in [-0.2, 0) is 16.1 Å². The highest BCUT2D eigenvalue weighted by molar-refractivity contribution is 5.99. The number of carbonyl (C=O) groups is 2. The van der Waals surface area contributed by atoms with Crippen LogP contribution in [0.2, 0.25) is 0 Å². The number of aryl methyl sites for hydroxylation is 2. The summed E-state index contributed by atoms with van der Waals surface area (Å²) < 4.78 is 10.2. The summed E-state index contributed by atoms with van der Waals surface area (Å²) >= 11 is 0. The standard InChI is InChI=1S/C19H18N2O4/c1-12-17(13(2)25-21-12)11-24-18(22)10-20-19(23)16-8-7-14-5-3-4-6-15(14)9-16/h3-9H,10-11H2,1-2H3,(H,20,23). The molecule has 0 aliphatic carbocycles. The lowest BCUT2D eigenvalue weighted by Crippen LogP contribution is -2.30. The van der Waals surface area contributed by atoms with Crippen LogP contribution in [0.5, 0.6) is 0 Å². The molecular formula is C19H18N2O4. The zero-order chi connectivity index (χ0) is 17.8. The van der Waals surface area contributed by atoms with E-state index in [-0.39, 0.29) is 19.1 Å². The zero-order valence-electron chi connectivity index (χ0n) is 14.0. The zero-order valence-corrected chi connectivity index (χ0v) is 14.0. The fraction of sp³-hybridized carbons (Fsp3) is 0.211. The lowest BCUT2D eigenvalue weighted by Gasteiger charge is -2.07. The van der Waals surface area contributed by atoms with E-state index in [0.717, 1.165) is 16.3 Å². The molecule has 0 aliphatic heterocycles. The van der Waals surface area contributed by atoms with Gasteiger partial charge < -0.3 is 14.6 Å². The van der Waals surface area contributed by atoms with E-state index in [4.69, 9.17) is 9.26 Å². The highest BCUT2D eigenvalue weighted by Crippen LogP contribution is 2.16. The SMILES string of the molecule is Cc1noc(C)c1COC(=O)CNC(=O)c1ccc2ccccc2c1. The van der Waals surface area contributed by atoms with Crippen LogP contribution in [0, 0.1) is 13.8 Å². The van der Waals surface area contributed by atoms with Gasteiger partial charge in [-0.15, -0.1) is 0 Å². The van der Waals surface area contributed by atoms with Gasteiger partial charge in [-0.3, -0.25) is 9.59 Å². The van der Waals surface area contributed by atoms with Crippen molar-refractivity contribution in [3.05, 3.63) is 65.0 Å². The van der Waals surface area contributed by atoms with Gasteiger partial charge in [0.05, 0.1) is 11.3 Å². The third-order valence-corrected chi connectivity index (χ3v) is 3.96. The summed E-state index contributed by atoms with van der Waals surface area (Å²) in [5, 5.41) is 8.39. The first-order valence-electron chi connectivity index (χ1n) is 7.89. The van der Waals surface area contributed by atoms with Gasteiger partial charge in [0.25, 0.3) is 5.91 Å². The molecule has 0 radical (unpaired) electrons. The van der Waals surface area contributed by atoms with Crippen molar-refractivity contribution >= 4 is 22.6 Å². The van der Waals surface area contributed by atoms with Gasteiger partial charge >= 0.3 is 5.97 Å². The van der Waals surface area contributed by atoms with Crippen LogP contribution in [0.4, 0.5) is 0 Å². The summed E-state index contributed by atoms with van der Waals surface area (Å²) in [4.78, 5) is 24.0. The number of ether oxygens (including phenoxy) is 1. The number of esters is 1. The molecule has 0 saturated carbocycles. The molecule has 25 heavy (non-hydrogen) atoms. The van der Waals surface area contributed by atoms with Gasteiger partial charge in [-0.25, -0.2) is 0 Å². The van der Waals surface area contributed by atoms with Crippen LogP contribution >= 0.6 is 0 Å². The van der Waals surface area contributed by atoms with Gasteiger partial charge in [-0.1, -0.05) is 35.5 Å². The topological polar surface area (TPSA) is 81.4 Å². The second-order valence-corrected chi connectivity index (χ2v) is 5.71. The number of rotatable bonds is 5. The van der Waals surface area contributed by atoms with Gasteiger partial charge in [0, 0.05) is 5.56 Å². The monoisotopic (exact) mass is 338 g/mol. The largest absolute Gasteiger partial charge is 0.459 e. The Kier molecular flexibility index (Phi) is 4.79. The highest BCUT2D eigenvalue weighted by Gasteiger charge is 2.13. The van der Waals surface area contributed by atoms with Gasteiger partial charge in [0.1, 0.15) is 18.9 Å². The number of nitrogens with zero attached hydrogens (tertiary/aromatic N) is 1. The molecule has 2 aromatic carbocycles. The van der Waals surface area contributed by atoms with Gasteiger partial charge in [-0.2, -0.15) is 0 Å². The Balaban J connectivity index is 1.55. The minimum Gasteiger partial charge on any atom is -0.459 e. The van der Waals surface area contributed by atoms with Crippen molar-refractivity contribution in [3.63, 3.8) is 0 Å². The van der Waals surface area contributed by atoms with E-state index in [1.807, 2.05) is 30.3 Å². The van der Waals surface area contributed by atoms with E-state index in [1.54, 1.807) is 26.0 Å². The van der Waals surface area contributed by atoms with E-state index >= 15 is 0 Å². The Morgan fingerprint density at radius 3 is 2.60 bits per heavy atom. The Morgan fingerprint density at radius 1 is 1.12 bits per heavy atom. The Hall–Kier alpha value is -3.15. The number of hydrogen-bond acceptors (Lipinski definition) is 5. The summed E-state index contributed by atoms with van der Waals surface area (Å²) in [6.07, 6.45) is 0. The summed E-state index contributed by atoms with van der Waals surface area (Å²) in [7, 11) is 0. The van der Waals surface area contributed by atoms with Crippen molar-refractivity contribution in [1.82, 2.24) is 10.5 Å². The lowest BCUT2D eigenvalue weighted by molar-refractivity contribution is -0.143. The smallest absolute Gasteiger partial charge is 0.325 e. The molecule has 3 rings (SSSR count). The molecule has 6 heteroatoms. The minimum atomic E-state index is -0.519. The van der Waals surface area contributed by atoms with Crippen LogP contribution in [0.25, 0.3) is 10.8 Å². The van der Waals surface area contributed by atoms with E-state index in [2.05, 4.69) is 10.5 Å². The molecule has 0 saturated heterocycles. The average molecular weight is 338 g/mol. The Bertz CT molecular complexity index is 911. The quantitative estimate of drug-likeness (QED) is 0.723. The van der Waals surface area contributed by atoms with Crippen LogP contribution in [0.1, 0.15) is 27.4 Å². The average Bonchev–Trinajstić information content (AvgIpc) is 2.95. The summed E-state index contributed by atoms with van der Waals surface area (Å²) in [6, 6.07) is 13.2. The van der Waals surface area contributed by atoms with Crippen molar-refractivity contribution in [2.24, 2.45) is 0 Å². The van der Waals surface area contributed by atoms with Crippen molar-refractivity contribution in [1.29, 1.82) is 0 Å². The summed E-state index contributed by atoms with van der Waals surface area (Å²) in [5.74, 6) is -0.223. The number of benzene rings is 2. The molecule has 0 spiro atoms. The van der Waals surface area contributed by atoms with E-state index in [9.17, 15) is 9.59 Å². The molecule has 0 bridgehead atoms. The minimum absolute atomic E-state index is 0.0752. The maximum atomic E-state index is 12.2. The van der Waals surface area contributed by atoms with Gasteiger partial charge in [0.15, 0.2) is 0 Å². The first-order chi connectivity index (χ1) is 12.0. The molecule has 0 fully saturated rings. The first kappa shape index (κ1) is 16.7. The number of fused-ring (bicyclic) bond motifs is 1. The van der Waals surface area contributed by atoms with Gasteiger partial charge in [-0.05, 0) is 36.8 Å². The molecule has 3 aromatic rings. The Morgan fingerprint density at radius 2 is 1.88 bits per heavy atom. The van der Waals surface area contributed by atoms with Crippen molar-refractivity contribution in [2.45, 2.75) is 20.5 Å². The van der Waals surface area contributed by atoms with Crippen molar-refractivity contribution in [3.8, 4) is 0 Å². The molecule has 1 heterocycles. The highest BCUT2D eigenvalue weighted by atomic mass is 16.5. The molecule has 1 aromatic heterocycles. The predicted molar refractivity (Wildman–Crippen MR) is 92.1 cm³/mol. The van der Waals surface area contributed by atoms with E-state index < -0.39 is 5.97 Å². The van der Waals surface area contributed by atoms with Crippen molar-refractivity contribution < 1.29 is 18.8 Å². The second kappa shape index (κ2) is 7.17. The predicted octanol–water partition coefficient (Wildman–Crippen LogP) is 2.92.